The molecule has 0 N–H and O–H groups in total. The molecule has 0 spiro atoms. The second-order valence-corrected chi connectivity index (χ2v) is 5.25. The normalized spacial score (nSPS) is 17.9. The molecule has 0 radical (unpaired) electrons. The van der Waals surface area contributed by atoms with E-state index in [1.54, 1.807) is 0 Å². The Morgan fingerprint density at radius 2 is 1.90 bits per heavy atom. The summed E-state index contributed by atoms with van der Waals surface area (Å²) in [5.41, 5.74) is 1.23. The fraction of sp³-hybridized carbons (Fsp3) is 0.533. The maximum Gasteiger partial charge on any atom is 0.376 e. The maximum absolute atomic E-state index is 12.8. The molecule has 3 nitrogen and oxygen atoms in total. The average molecular weight is 283 g/mol. The molecule has 0 amide bonds. The third kappa shape index (κ3) is 4.27. The van der Waals surface area contributed by atoms with Gasteiger partial charge in [0.1, 0.15) is 6.10 Å². The van der Waals surface area contributed by atoms with Crippen molar-refractivity contribution in [3.8, 4) is 0 Å². The van der Waals surface area contributed by atoms with Crippen LogP contribution in [-0.4, -0.2) is 36.0 Å². The van der Waals surface area contributed by atoms with Crippen LogP contribution in [0, 0.1) is 0 Å². The van der Waals surface area contributed by atoms with Crippen LogP contribution >= 0.6 is 0 Å². The summed E-state index contributed by atoms with van der Waals surface area (Å²) in [6.45, 7) is 2.91. The maximum atomic E-state index is 12.8. The molecule has 0 saturated carbocycles. The molecule has 1 aliphatic rings. The summed E-state index contributed by atoms with van der Waals surface area (Å²) >= 11 is 0. The lowest BCUT2D eigenvalue weighted by Gasteiger charge is -2.32. The number of carbonyl (C=O) groups is 1. The van der Waals surface area contributed by atoms with Gasteiger partial charge in [-0.1, -0.05) is 30.3 Å². The zero-order valence-electron chi connectivity index (χ0n) is 11.5. The molecule has 1 aromatic carbocycles. The number of ether oxygens (including phenoxy) is 1. The minimum Gasteiger partial charge on any atom is -0.458 e. The lowest BCUT2D eigenvalue weighted by atomic mass is 10.1. The lowest BCUT2D eigenvalue weighted by molar-refractivity contribution is -0.177. The minimum atomic E-state index is -3.40. The molecular weight excluding hydrogens is 264 g/mol. The predicted octanol–water partition coefficient (Wildman–Crippen LogP) is 2.85. The Balaban J connectivity index is 1.77. The van der Waals surface area contributed by atoms with Crippen molar-refractivity contribution in [3.05, 3.63) is 35.9 Å². The molecule has 1 fully saturated rings. The van der Waals surface area contributed by atoms with Crippen molar-refractivity contribution < 1.29 is 18.3 Å². The van der Waals surface area contributed by atoms with E-state index in [0.29, 0.717) is 19.8 Å². The fourth-order valence-corrected chi connectivity index (χ4v) is 2.28. The number of piperidine rings is 1. The molecule has 20 heavy (non-hydrogen) atoms. The fourth-order valence-electron chi connectivity index (χ4n) is 2.28. The number of nitrogens with zero attached hydrogens (tertiary/aromatic N) is 1. The molecule has 0 aliphatic carbocycles. The van der Waals surface area contributed by atoms with Crippen molar-refractivity contribution in [2.75, 3.05) is 13.1 Å². The number of carbonyl (C=O) groups excluding carboxylic acids is 1. The van der Waals surface area contributed by atoms with Gasteiger partial charge in [-0.05, 0) is 18.4 Å². The Bertz CT molecular complexity index is 437. The van der Waals surface area contributed by atoms with Gasteiger partial charge < -0.3 is 4.74 Å². The van der Waals surface area contributed by atoms with Gasteiger partial charge in [0.15, 0.2) is 0 Å². The quantitative estimate of drug-likeness (QED) is 0.796. The molecule has 0 unspecified atom stereocenters. The number of halogens is 2. The number of rotatable bonds is 4. The summed E-state index contributed by atoms with van der Waals surface area (Å²) in [5.74, 6) is -4.82. The molecular formula is C15H19F2NO2. The van der Waals surface area contributed by atoms with Gasteiger partial charge in [0.25, 0.3) is 0 Å². The predicted molar refractivity (Wildman–Crippen MR) is 71.5 cm³/mol. The summed E-state index contributed by atoms with van der Waals surface area (Å²) in [6, 6.07) is 10.1. The second-order valence-electron chi connectivity index (χ2n) is 5.25. The molecule has 2 rings (SSSR count). The van der Waals surface area contributed by atoms with Gasteiger partial charge in [0.2, 0.25) is 0 Å². The molecule has 1 heterocycles. The van der Waals surface area contributed by atoms with Gasteiger partial charge in [-0.25, -0.2) is 4.79 Å². The highest BCUT2D eigenvalue weighted by Crippen LogP contribution is 2.20. The number of alkyl halides is 2. The van der Waals surface area contributed by atoms with Gasteiger partial charge in [0, 0.05) is 26.6 Å². The molecule has 110 valence electrons. The summed E-state index contributed by atoms with van der Waals surface area (Å²) in [5, 5.41) is 0. The monoisotopic (exact) mass is 283 g/mol. The highest BCUT2D eigenvalue weighted by molar-refractivity contribution is 5.77. The van der Waals surface area contributed by atoms with Crippen LogP contribution in [0.5, 0.6) is 0 Å². The highest BCUT2D eigenvalue weighted by atomic mass is 19.3. The zero-order chi connectivity index (χ0) is 14.6. The summed E-state index contributed by atoms with van der Waals surface area (Å²) < 4.78 is 30.3. The second kappa shape index (κ2) is 6.31. The minimum absolute atomic E-state index is 0.389. The van der Waals surface area contributed by atoms with Gasteiger partial charge in [-0.3, -0.25) is 4.90 Å². The molecule has 5 heteroatoms. The Kier molecular flexibility index (Phi) is 4.70. The van der Waals surface area contributed by atoms with Crippen molar-refractivity contribution in [1.29, 1.82) is 0 Å². The first-order valence-electron chi connectivity index (χ1n) is 6.80. The number of hydrogen-bond donors (Lipinski definition) is 0. The van der Waals surface area contributed by atoms with Crippen LogP contribution < -0.4 is 0 Å². The van der Waals surface area contributed by atoms with Crippen molar-refractivity contribution in [1.82, 2.24) is 4.90 Å². The first-order chi connectivity index (χ1) is 9.45. The van der Waals surface area contributed by atoms with Crippen LogP contribution in [0.4, 0.5) is 8.78 Å². The Hall–Kier alpha value is -1.49. The third-order valence-electron chi connectivity index (χ3n) is 3.42. The van der Waals surface area contributed by atoms with E-state index in [9.17, 15) is 13.6 Å². The standard InChI is InChI=1S/C15H19F2NO2/c1-15(16,17)14(19)20-13-7-9-18(10-8-13)11-12-5-3-2-4-6-12/h2-6,13H,7-11H2,1H3. The Morgan fingerprint density at radius 1 is 1.30 bits per heavy atom. The third-order valence-corrected chi connectivity index (χ3v) is 3.42. The van der Waals surface area contributed by atoms with E-state index in [-0.39, 0.29) is 6.10 Å². The first kappa shape index (κ1) is 14.9. The summed E-state index contributed by atoms with van der Waals surface area (Å²) in [4.78, 5) is 13.4. The Labute approximate surface area is 117 Å². The first-order valence-corrected chi connectivity index (χ1v) is 6.80. The van der Waals surface area contributed by atoms with Gasteiger partial charge in [-0.15, -0.1) is 0 Å². The van der Waals surface area contributed by atoms with Crippen LogP contribution in [-0.2, 0) is 16.1 Å². The highest BCUT2D eigenvalue weighted by Gasteiger charge is 2.36. The van der Waals surface area contributed by atoms with E-state index in [1.165, 1.54) is 5.56 Å². The van der Waals surface area contributed by atoms with Crippen molar-refractivity contribution in [3.63, 3.8) is 0 Å². The van der Waals surface area contributed by atoms with Gasteiger partial charge in [0.05, 0.1) is 0 Å². The number of benzene rings is 1. The number of hydrogen-bond acceptors (Lipinski definition) is 3. The number of likely N-dealkylation sites (tertiary alicyclic amines) is 1. The van der Waals surface area contributed by atoms with Gasteiger partial charge >= 0.3 is 11.9 Å². The van der Waals surface area contributed by atoms with Crippen LogP contribution in [0.1, 0.15) is 25.3 Å². The number of esters is 1. The van der Waals surface area contributed by atoms with Crippen LogP contribution in [0.15, 0.2) is 30.3 Å². The SMILES string of the molecule is CC(F)(F)C(=O)OC1CCN(Cc2ccccc2)CC1. The molecule has 0 bridgehead atoms. The van der Waals surface area contributed by atoms with Gasteiger partial charge in [-0.2, -0.15) is 8.78 Å². The summed E-state index contributed by atoms with van der Waals surface area (Å²) in [6.07, 6.45) is 0.823. The zero-order valence-corrected chi connectivity index (χ0v) is 11.5. The summed E-state index contributed by atoms with van der Waals surface area (Å²) in [7, 11) is 0. The van der Waals surface area contributed by atoms with E-state index in [2.05, 4.69) is 17.0 Å². The van der Waals surface area contributed by atoms with Crippen LogP contribution in [0.3, 0.4) is 0 Å². The molecule has 1 aliphatic heterocycles. The average Bonchev–Trinajstić information content (AvgIpc) is 2.41. The van der Waals surface area contributed by atoms with Crippen molar-refractivity contribution in [2.45, 2.75) is 38.3 Å². The molecule has 1 saturated heterocycles. The Morgan fingerprint density at radius 3 is 2.45 bits per heavy atom. The molecule has 0 aromatic heterocycles. The smallest absolute Gasteiger partial charge is 0.376 e. The van der Waals surface area contributed by atoms with E-state index >= 15 is 0 Å². The van der Waals surface area contributed by atoms with E-state index in [4.69, 9.17) is 4.74 Å². The van der Waals surface area contributed by atoms with Crippen LogP contribution in [0.2, 0.25) is 0 Å². The lowest BCUT2D eigenvalue weighted by Crippen LogP contribution is -2.39. The van der Waals surface area contributed by atoms with Crippen molar-refractivity contribution in [2.24, 2.45) is 0 Å². The van der Waals surface area contributed by atoms with E-state index < -0.39 is 11.9 Å². The van der Waals surface area contributed by atoms with Crippen LogP contribution in [0.25, 0.3) is 0 Å². The largest absolute Gasteiger partial charge is 0.458 e. The van der Waals surface area contributed by atoms with E-state index in [0.717, 1.165) is 19.6 Å². The molecule has 1 aromatic rings. The van der Waals surface area contributed by atoms with Crippen molar-refractivity contribution >= 4 is 5.97 Å². The molecule has 0 atom stereocenters. The topological polar surface area (TPSA) is 29.5 Å². The van der Waals surface area contributed by atoms with E-state index in [1.807, 2.05) is 18.2 Å².